The quantitative estimate of drug-likeness (QED) is 0.628. The standard InChI is InChI=1S/C18H15Cl2N3O3/c1-11-8-13(3-4-14(11)20)26-10-23-7-6-15(22-23)18(25)21-16-9-12(19)2-5-17(16)24/h2-9,24H,10H2,1H3,(H,21,25). The molecule has 1 amide bonds. The number of carbonyl (C=O) groups is 1. The summed E-state index contributed by atoms with van der Waals surface area (Å²) in [6.07, 6.45) is 1.62. The molecule has 0 aliphatic carbocycles. The van der Waals surface area contributed by atoms with Gasteiger partial charge in [0.05, 0.1) is 5.69 Å². The van der Waals surface area contributed by atoms with Gasteiger partial charge in [0.2, 0.25) is 0 Å². The molecule has 0 fully saturated rings. The molecular formula is C18H15Cl2N3O3. The Morgan fingerprint density at radius 2 is 2.04 bits per heavy atom. The summed E-state index contributed by atoms with van der Waals surface area (Å²) in [5.41, 5.74) is 1.30. The highest BCUT2D eigenvalue weighted by Crippen LogP contribution is 2.27. The second-order valence-electron chi connectivity index (χ2n) is 5.54. The molecule has 3 aromatic rings. The van der Waals surface area contributed by atoms with Crippen LogP contribution in [0.5, 0.6) is 11.5 Å². The minimum Gasteiger partial charge on any atom is -0.506 e. The Bertz CT molecular complexity index is 957. The first-order valence-electron chi connectivity index (χ1n) is 7.64. The number of nitrogens with one attached hydrogen (secondary N) is 1. The fourth-order valence-corrected chi connectivity index (χ4v) is 2.49. The first-order valence-corrected chi connectivity index (χ1v) is 8.40. The molecule has 2 aromatic carbocycles. The minimum absolute atomic E-state index is 0.0800. The maximum absolute atomic E-state index is 12.3. The zero-order valence-corrected chi connectivity index (χ0v) is 15.3. The maximum Gasteiger partial charge on any atom is 0.276 e. The van der Waals surface area contributed by atoms with Gasteiger partial charge in [0.1, 0.15) is 11.5 Å². The zero-order valence-electron chi connectivity index (χ0n) is 13.7. The summed E-state index contributed by atoms with van der Waals surface area (Å²) in [7, 11) is 0. The fourth-order valence-electron chi connectivity index (χ4n) is 2.20. The molecule has 0 saturated heterocycles. The number of benzene rings is 2. The molecule has 2 N–H and O–H groups in total. The van der Waals surface area contributed by atoms with Gasteiger partial charge in [-0.25, -0.2) is 4.68 Å². The topological polar surface area (TPSA) is 76.4 Å². The van der Waals surface area contributed by atoms with Crippen LogP contribution < -0.4 is 10.1 Å². The lowest BCUT2D eigenvalue weighted by molar-refractivity contribution is 0.102. The van der Waals surface area contributed by atoms with Crippen LogP contribution in [0.3, 0.4) is 0 Å². The first kappa shape index (κ1) is 18.1. The second kappa shape index (κ2) is 7.68. The number of aromatic hydroxyl groups is 1. The van der Waals surface area contributed by atoms with Crippen LogP contribution in [0.25, 0.3) is 0 Å². The van der Waals surface area contributed by atoms with Gasteiger partial charge >= 0.3 is 0 Å². The van der Waals surface area contributed by atoms with Gasteiger partial charge in [0, 0.05) is 16.2 Å². The number of phenols is 1. The molecule has 0 bridgehead atoms. The Hall–Kier alpha value is -2.70. The van der Waals surface area contributed by atoms with E-state index in [1.54, 1.807) is 24.4 Å². The summed E-state index contributed by atoms with van der Waals surface area (Å²) in [6, 6.07) is 11.3. The third-order valence-electron chi connectivity index (χ3n) is 3.57. The number of carbonyl (C=O) groups excluding carboxylic acids is 1. The van der Waals surface area contributed by atoms with Crippen molar-refractivity contribution in [2.45, 2.75) is 13.7 Å². The van der Waals surface area contributed by atoms with E-state index in [0.29, 0.717) is 15.8 Å². The highest BCUT2D eigenvalue weighted by atomic mass is 35.5. The van der Waals surface area contributed by atoms with E-state index >= 15 is 0 Å². The van der Waals surface area contributed by atoms with E-state index in [-0.39, 0.29) is 23.9 Å². The molecule has 0 atom stereocenters. The normalized spacial score (nSPS) is 10.6. The predicted octanol–water partition coefficient (Wildman–Crippen LogP) is 4.49. The predicted molar refractivity (Wildman–Crippen MR) is 100 cm³/mol. The van der Waals surface area contributed by atoms with Gasteiger partial charge in [-0.05, 0) is 55.0 Å². The maximum atomic E-state index is 12.3. The fraction of sp³-hybridized carbons (Fsp3) is 0.111. The summed E-state index contributed by atoms with van der Waals surface area (Å²) < 4.78 is 7.11. The number of rotatable bonds is 5. The molecule has 134 valence electrons. The average Bonchev–Trinajstić information content (AvgIpc) is 3.08. The first-order chi connectivity index (χ1) is 12.4. The van der Waals surface area contributed by atoms with Crippen LogP contribution in [0.2, 0.25) is 10.0 Å². The van der Waals surface area contributed by atoms with Crippen molar-refractivity contribution in [2.75, 3.05) is 5.32 Å². The van der Waals surface area contributed by atoms with Crippen molar-refractivity contribution in [3.05, 3.63) is 70.0 Å². The van der Waals surface area contributed by atoms with Gasteiger partial charge in [-0.3, -0.25) is 4.79 Å². The monoisotopic (exact) mass is 391 g/mol. The molecule has 1 heterocycles. The SMILES string of the molecule is Cc1cc(OCn2ccc(C(=O)Nc3cc(Cl)ccc3O)n2)ccc1Cl. The zero-order chi connectivity index (χ0) is 18.7. The van der Waals surface area contributed by atoms with Crippen LogP contribution in [0.4, 0.5) is 5.69 Å². The van der Waals surface area contributed by atoms with Crippen LogP contribution in [-0.4, -0.2) is 20.8 Å². The highest BCUT2D eigenvalue weighted by Gasteiger charge is 2.12. The number of amides is 1. The number of phenolic OH excluding ortho intramolecular Hbond substituents is 1. The third kappa shape index (κ3) is 4.28. The number of aromatic nitrogens is 2. The van der Waals surface area contributed by atoms with E-state index in [2.05, 4.69) is 10.4 Å². The second-order valence-corrected chi connectivity index (χ2v) is 6.38. The van der Waals surface area contributed by atoms with Gasteiger partial charge in [-0.2, -0.15) is 5.10 Å². The van der Waals surface area contributed by atoms with Crippen molar-refractivity contribution in [1.29, 1.82) is 0 Å². The highest BCUT2D eigenvalue weighted by molar-refractivity contribution is 6.31. The summed E-state index contributed by atoms with van der Waals surface area (Å²) in [5.74, 6) is 0.101. The Kier molecular flexibility index (Phi) is 5.35. The summed E-state index contributed by atoms with van der Waals surface area (Å²) >= 11 is 11.8. The van der Waals surface area contributed by atoms with Crippen LogP contribution >= 0.6 is 23.2 Å². The molecule has 0 saturated carbocycles. The number of nitrogens with zero attached hydrogens (tertiary/aromatic N) is 2. The van der Waals surface area contributed by atoms with Gasteiger partial charge < -0.3 is 15.2 Å². The summed E-state index contributed by atoms with van der Waals surface area (Å²) in [5, 5.41) is 17.5. The van der Waals surface area contributed by atoms with Crippen molar-refractivity contribution in [3.8, 4) is 11.5 Å². The summed E-state index contributed by atoms with van der Waals surface area (Å²) in [4.78, 5) is 12.3. The van der Waals surface area contributed by atoms with Crippen LogP contribution in [0.1, 0.15) is 16.1 Å². The van der Waals surface area contributed by atoms with Gasteiger partial charge in [-0.15, -0.1) is 0 Å². The van der Waals surface area contributed by atoms with Crippen LogP contribution in [0.15, 0.2) is 48.7 Å². The van der Waals surface area contributed by atoms with Crippen molar-refractivity contribution in [2.24, 2.45) is 0 Å². The molecule has 0 aliphatic rings. The number of anilines is 1. The number of ether oxygens (including phenoxy) is 1. The van der Waals surface area contributed by atoms with Crippen molar-refractivity contribution >= 4 is 34.8 Å². The average molecular weight is 392 g/mol. The van der Waals surface area contributed by atoms with Crippen molar-refractivity contribution < 1.29 is 14.6 Å². The largest absolute Gasteiger partial charge is 0.506 e. The van der Waals surface area contributed by atoms with Gasteiger partial charge in [0.25, 0.3) is 5.91 Å². The molecule has 0 radical (unpaired) electrons. The third-order valence-corrected chi connectivity index (χ3v) is 4.23. The van der Waals surface area contributed by atoms with Gasteiger partial charge in [0.15, 0.2) is 12.4 Å². The van der Waals surface area contributed by atoms with E-state index in [4.69, 9.17) is 27.9 Å². The van der Waals surface area contributed by atoms with Crippen LogP contribution in [0, 0.1) is 6.92 Å². The smallest absolute Gasteiger partial charge is 0.276 e. The Balaban J connectivity index is 1.64. The van der Waals surface area contributed by atoms with E-state index in [0.717, 1.165) is 5.56 Å². The van der Waals surface area contributed by atoms with E-state index in [1.807, 2.05) is 13.0 Å². The molecule has 0 unspecified atom stereocenters. The van der Waals surface area contributed by atoms with Crippen molar-refractivity contribution in [3.63, 3.8) is 0 Å². The molecule has 6 nitrogen and oxygen atoms in total. The van der Waals surface area contributed by atoms with Gasteiger partial charge in [-0.1, -0.05) is 23.2 Å². The summed E-state index contributed by atoms with van der Waals surface area (Å²) in [6.45, 7) is 2.02. The number of halogens is 2. The number of hydrogen-bond acceptors (Lipinski definition) is 4. The van der Waals surface area contributed by atoms with E-state index in [1.165, 1.54) is 22.9 Å². The molecule has 0 aliphatic heterocycles. The Morgan fingerprint density at radius 3 is 2.81 bits per heavy atom. The molecule has 1 aromatic heterocycles. The van der Waals surface area contributed by atoms with Crippen LogP contribution in [-0.2, 0) is 6.73 Å². The van der Waals surface area contributed by atoms with Crippen molar-refractivity contribution in [1.82, 2.24) is 9.78 Å². The lowest BCUT2D eigenvalue weighted by atomic mass is 10.2. The molecular weight excluding hydrogens is 377 g/mol. The number of hydrogen-bond donors (Lipinski definition) is 2. The Morgan fingerprint density at radius 1 is 1.23 bits per heavy atom. The molecule has 26 heavy (non-hydrogen) atoms. The van der Waals surface area contributed by atoms with E-state index in [9.17, 15) is 9.90 Å². The molecule has 3 rings (SSSR count). The lowest BCUT2D eigenvalue weighted by Crippen LogP contribution is -2.14. The molecule has 8 heteroatoms. The number of aryl methyl sites for hydroxylation is 1. The van der Waals surface area contributed by atoms with E-state index < -0.39 is 5.91 Å². The minimum atomic E-state index is -0.469. The Labute approximate surface area is 159 Å². The molecule has 0 spiro atoms. The lowest BCUT2D eigenvalue weighted by Gasteiger charge is -2.08.